The van der Waals surface area contributed by atoms with Gasteiger partial charge >= 0.3 is 11.9 Å². The van der Waals surface area contributed by atoms with E-state index < -0.39 is 11.9 Å². The Hall–Kier alpha value is -1.22. The molecule has 0 bridgehead atoms. The number of carboxylic acids is 2. The number of carbonyl (C=O) groups is 2. The Morgan fingerprint density at radius 2 is 1.15 bits per heavy atom. The monoisotopic (exact) mass is 288 g/mol. The molecule has 0 unspecified atom stereocenters. The summed E-state index contributed by atoms with van der Waals surface area (Å²) in [4.78, 5) is 27.5. The first kappa shape index (κ1) is 16.8. The zero-order valence-electron chi connectivity index (χ0n) is 11.7. The maximum atomic E-state index is 10.8. The standard InChI is InChI=1S/C12H24N4O4/c13-1-2-14-3-5-15(9-11(17)18)7-8-16(6-4-14)10-12(19)20/h1-10,13H2,(H,17,18)(H,19,20). The van der Waals surface area contributed by atoms with Crippen LogP contribution in [0, 0.1) is 0 Å². The Morgan fingerprint density at radius 3 is 1.45 bits per heavy atom. The Balaban J connectivity index is 2.62. The highest BCUT2D eigenvalue weighted by molar-refractivity contribution is 5.69. The van der Waals surface area contributed by atoms with E-state index in [0.717, 1.165) is 19.6 Å². The van der Waals surface area contributed by atoms with Gasteiger partial charge in [-0.1, -0.05) is 0 Å². The van der Waals surface area contributed by atoms with Crippen molar-refractivity contribution in [3.8, 4) is 0 Å². The Bertz CT molecular complexity index is 299. The molecule has 1 saturated heterocycles. The second-order valence-electron chi connectivity index (χ2n) is 4.97. The molecule has 1 rings (SSSR count). The van der Waals surface area contributed by atoms with Crippen LogP contribution in [0.15, 0.2) is 0 Å². The van der Waals surface area contributed by atoms with Crippen LogP contribution in [-0.2, 0) is 9.59 Å². The minimum absolute atomic E-state index is 0.0165. The molecule has 8 heteroatoms. The highest BCUT2D eigenvalue weighted by Crippen LogP contribution is 2.00. The van der Waals surface area contributed by atoms with Gasteiger partial charge in [-0.25, -0.2) is 0 Å². The molecule has 0 aliphatic carbocycles. The Labute approximate surface area is 118 Å². The molecule has 1 aliphatic rings. The summed E-state index contributed by atoms with van der Waals surface area (Å²) < 4.78 is 0. The van der Waals surface area contributed by atoms with E-state index in [9.17, 15) is 9.59 Å². The molecule has 0 spiro atoms. The van der Waals surface area contributed by atoms with E-state index in [2.05, 4.69) is 4.90 Å². The van der Waals surface area contributed by atoms with Crippen molar-refractivity contribution in [3.05, 3.63) is 0 Å². The largest absolute Gasteiger partial charge is 0.480 e. The summed E-state index contributed by atoms with van der Waals surface area (Å²) in [6.07, 6.45) is 0. The quantitative estimate of drug-likeness (QED) is 0.516. The van der Waals surface area contributed by atoms with E-state index in [0.29, 0.717) is 32.7 Å². The third-order valence-corrected chi connectivity index (χ3v) is 3.36. The zero-order chi connectivity index (χ0) is 15.0. The normalized spacial score (nSPS) is 20.1. The topological polar surface area (TPSA) is 110 Å². The van der Waals surface area contributed by atoms with Crippen LogP contribution in [0.2, 0.25) is 0 Å². The van der Waals surface area contributed by atoms with E-state index in [1.807, 2.05) is 9.80 Å². The summed E-state index contributed by atoms with van der Waals surface area (Å²) in [6, 6.07) is 0. The first-order valence-electron chi connectivity index (χ1n) is 6.82. The van der Waals surface area contributed by atoms with Gasteiger partial charge in [0.2, 0.25) is 0 Å². The summed E-state index contributed by atoms with van der Waals surface area (Å²) in [5, 5.41) is 17.8. The highest BCUT2D eigenvalue weighted by Gasteiger charge is 2.18. The van der Waals surface area contributed by atoms with Crippen molar-refractivity contribution in [2.24, 2.45) is 5.73 Å². The fraction of sp³-hybridized carbons (Fsp3) is 0.833. The molecule has 0 amide bonds. The van der Waals surface area contributed by atoms with Crippen molar-refractivity contribution >= 4 is 11.9 Å². The van der Waals surface area contributed by atoms with Crippen LogP contribution in [0.5, 0.6) is 0 Å². The average Bonchev–Trinajstić information content (AvgIpc) is 2.43. The lowest BCUT2D eigenvalue weighted by Gasteiger charge is -2.24. The van der Waals surface area contributed by atoms with Gasteiger partial charge in [-0.3, -0.25) is 24.3 Å². The number of hydrogen-bond donors (Lipinski definition) is 3. The summed E-state index contributed by atoms with van der Waals surface area (Å²) in [5.74, 6) is -1.72. The van der Waals surface area contributed by atoms with E-state index in [-0.39, 0.29) is 13.1 Å². The first-order valence-corrected chi connectivity index (χ1v) is 6.82. The molecule has 1 heterocycles. The van der Waals surface area contributed by atoms with Crippen LogP contribution >= 0.6 is 0 Å². The number of carboxylic acid groups (broad SMARTS) is 2. The molecular formula is C12H24N4O4. The smallest absolute Gasteiger partial charge is 0.317 e. The fourth-order valence-electron chi connectivity index (χ4n) is 2.29. The van der Waals surface area contributed by atoms with E-state index in [4.69, 9.17) is 15.9 Å². The third-order valence-electron chi connectivity index (χ3n) is 3.36. The molecule has 20 heavy (non-hydrogen) atoms. The van der Waals surface area contributed by atoms with Crippen LogP contribution < -0.4 is 5.73 Å². The molecule has 0 aromatic heterocycles. The summed E-state index contributed by atoms with van der Waals surface area (Å²) in [7, 11) is 0. The van der Waals surface area contributed by atoms with Crippen molar-refractivity contribution < 1.29 is 19.8 Å². The fourth-order valence-corrected chi connectivity index (χ4v) is 2.29. The van der Waals surface area contributed by atoms with Gasteiger partial charge in [0.15, 0.2) is 0 Å². The summed E-state index contributed by atoms with van der Waals surface area (Å²) in [5.41, 5.74) is 5.56. The number of hydrogen-bond acceptors (Lipinski definition) is 6. The number of rotatable bonds is 6. The second-order valence-corrected chi connectivity index (χ2v) is 4.97. The Kier molecular flexibility index (Phi) is 7.45. The lowest BCUT2D eigenvalue weighted by atomic mass is 10.4. The Morgan fingerprint density at radius 1 is 0.800 bits per heavy atom. The van der Waals surface area contributed by atoms with Crippen LogP contribution in [0.3, 0.4) is 0 Å². The van der Waals surface area contributed by atoms with Gasteiger partial charge in [0.1, 0.15) is 0 Å². The van der Waals surface area contributed by atoms with Gasteiger partial charge in [0.05, 0.1) is 13.1 Å². The minimum atomic E-state index is -0.862. The van der Waals surface area contributed by atoms with Crippen LogP contribution in [0.4, 0.5) is 0 Å². The molecule has 1 aliphatic heterocycles. The number of nitrogens with zero attached hydrogens (tertiary/aromatic N) is 3. The maximum absolute atomic E-state index is 10.8. The summed E-state index contributed by atoms with van der Waals surface area (Å²) >= 11 is 0. The zero-order valence-corrected chi connectivity index (χ0v) is 11.7. The van der Waals surface area contributed by atoms with Crippen molar-refractivity contribution in [3.63, 3.8) is 0 Å². The second kappa shape index (κ2) is 8.85. The van der Waals surface area contributed by atoms with Gasteiger partial charge < -0.3 is 15.9 Å². The summed E-state index contributed by atoms with van der Waals surface area (Å²) in [6.45, 7) is 5.21. The van der Waals surface area contributed by atoms with Gasteiger partial charge in [-0.15, -0.1) is 0 Å². The minimum Gasteiger partial charge on any atom is -0.480 e. The molecule has 0 aromatic carbocycles. The van der Waals surface area contributed by atoms with Gasteiger partial charge in [-0.2, -0.15) is 0 Å². The molecule has 4 N–H and O–H groups in total. The molecule has 0 radical (unpaired) electrons. The van der Waals surface area contributed by atoms with Crippen molar-refractivity contribution in [1.29, 1.82) is 0 Å². The lowest BCUT2D eigenvalue weighted by molar-refractivity contribution is -0.140. The average molecular weight is 288 g/mol. The first-order chi connectivity index (χ1) is 9.51. The van der Waals surface area contributed by atoms with Crippen LogP contribution in [0.1, 0.15) is 0 Å². The van der Waals surface area contributed by atoms with E-state index in [1.54, 1.807) is 0 Å². The van der Waals surface area contributed by atoms with Crippen molar-refractivity contribution in [2.75, 3.05) is 65.4 Å². The molecule has 0 saturated carbocycles. The molecule has 116 valence electrons. The third kappa shape index (κ3) is 6.80. The predicted octanol–water partition coefficient (Wildman–Crippen LogP) is -1.97. The van der Waals surface area contributed by atoms with Gasteiger partial charge in [0.25, 0.3) is 0 Å². The van der Waals surface area contributed by atoms with E-state index in [1.165, 1.54) is 0 Å². The molecule has 0 atom stereocenters. The highest BCUT2D eigenvalue weighted by atomic mass is 16.4. The molecule has 1 fully saturated rings. The molecule has 8 nitrogen and oxygen atoms in total. The van der Waals surface area contributed by atoms with Crippen LogP contribution in [-0.4, -0.2) is 102 Å². The number of aliphatic carboxylic acids is 2. The van der Waals surface area contributed by atoms with Crippen molar-refractivity contribution in [1.82, 2.24) is 14.7 Å². The van der Waals surface area contributed by atoms with Gasteiger partial charge in [-0.05, 0) is 0 Å². The number of nitrogens with two attached hydrogens (primary N) is 1. The SMILES string of the molecule is NCCN1CCN(CC(=O)O)CCN(CC(=O)O)CC1. The van der Waals surface area contributed by atoms with Gasteiger partial charge in [0, 0.05) is 52.4 Å². The predicted molar refractivity (Wildman–Crippen MR) is 73.6 cm³/mol. The van der Waals surface area contributed by atoms with Crippen molar-refractivity contribution in [2.45, 2.75) is 0 Å². The maximum Gasteiger partial charge on any atom is 0.317 e. The molecular weight excluding hydrogens is 264 g/mol. The molecule has 0 aromatic rings. The van der Waals surface area contributed by atoms with Crippen LogP contribution in [0.25, 0.3) is 0 Å². The van der Waals surface area contributed by atoms with E-state index >= 15 is 0 Å². The lowest BCUT2D eigenvalue weighted by Crippen LogP contribution is -2.40.